The third-order valence-electron chi connectivity index (χ3n) is 2.96. The molecule has 2 aromatic carbocycles. The van der Waals surface area contributed by atoms with Crippen LogP contribution >= 0.6 is 27.9 Å². The smallest absolute Gasteiger partial charge is 0.150 e. The summed E-state index contributed by atoms with van der Waals surface area (Å²) in [5.74, 6) is 0.800. The predicted molar refractivity (Wildman–Crippen MR) is 98.0 cm³/mol. The number of carbonyl (C=O) groups is 1. The number of aldehydes is 1. The quantitative estimate of drug-likeness (QED) is 0.528. The summed E-state index contributed by atoms with van der Waals surface area (Å²) in [5, 5.41) is 17.2. The highest BCUT2D eigenvalue weighted by Crippen LogP contribution is 2.28. The minimum atomic E-state index is -0.0533. The van der Waals surface area contributed by atoms with Crippen LogP contribution in [-0.4, -0.2) is 25.6 Å². The second kappa shape index (κ2) is 10.3. The van der Waals surface area contributed by atoms with Gasteiger partial charge >= 0.3 is 0 Å². The van der Waals surface area contributed by atoms with Crippen LogP contribution in [0.5, 0.6) is 5.75 Å². The van der Waals surface area contributed by atoms with Crippen molar-refractivity contribution >= 4 is 39.9 Å². The standard InChI is InChI=1S/C8H7BrO2.C8H12N2OS/c9-8-2-1-6(4-10)3-7(8)5-11;1-10-6-3-4-8(12-9)7(5-6)11-2/h1-4,11H,5H2;3-5,10H,9H2,1-2H3. The lowest BCUT2D eigenvalue weighted by Crippen LogP contribution is -1.92. The van der Waals surface area contributed by atoms with Crippen LogP contribution in [0.25, 0.3) is 0 Å². The van der Waals surface area contributed by atoms with E-state index in [2.05, 4.69) is 21.2 Å². The number of hydrogen-bond acceptors (Lipinski definition) is 6. The average Bonchev–Trinajstić information content (AvgIpc) is 2.62. The molecule has 0 fully saturated rings. The van der Waals surface area contributed by atoms with Gasteiger partial charge in [0.1, 0.15) is 12.0 Å². The van der Waals surface area contributed by atoms with Crippen molar-refractivity contribution < 1.29 is 14.6 Å². The second-order valence-electron chi connectivity index (χ2n) is 4.36. The molecule has 2 rings (SSSR count). The zero-order chi connectivity index (χ0) is 17.2. The molecule has 0 bridgehead atoms. The van der Waals surface area contributed by atoms with E-state index in [1.807, 2.05) is 25.2 Å². The first-order chi connectivity index (χ1) is 11.1. The molecule has 0 atom stereocenters. The lowest BCUT2D eigenvalue weighted by Gasteiger charge is -2.07. The molecule has 0 radical (unpaired) electrons. The summed E-state index contributed by atoms with van der Waals surface area (Å²) in [6.45, 7) is -0.0533. The highest BCUT2D eigenvalue weighted by molar-refractivity contribution is 9.10. The Morgan fingerprint density at radius 3 is 2.61 bits per heavy atom. The largest absolute Gasteiger partial charge is 0.495 e. The third-order valence-corrected chi connectivity index (χ3v) is 4.32. The molecule has 0 spiro atoms. The number of carbonyl (C=O) groups excluding carboxylic acids is 1. The number of rotatable bonds is 5. The van der Waals surface area contributed by atoms with Crippen molar-refractivity contribution in [1.29, 1.82) is 0 Å². The minimum absolute atomic E-state index is 0.0533. The second-order valence-corrected chi connectivity index (χ2v) is 5.89. The van der Waals surface area contributed by atoms with Gasteiger partial charge in [0.05, 0.1) is 18.6 Å². The fraction of sp³-hybridized carbons (Fsp3) is 0.188. The van der Waals surface area contributed by atoms with Gasteiger partial charge in [0.2, 0.25) is 0 Å². The Kier molecular flexibility index (Phi) is 8.71. The molecule has 7 heteroatoms. The van der Waals surface area contributed by atoms with E-state index in [4.69, 9.17) is 15.0 Å². The van der Waals surface area contributed by atoms with E-state index in [-0.39, 0.29) is 6.61 Å². The molecule has 0 heterocycles. The van der Waals surface area contributed by atoms with Crippen molar-refractivity contribution in [3.05, 3.63) is 52.0 Å². The molecule has 0 aromatic heterocycles. The van der Waals surface area contributed by atoms with Gasteiger partial charge in [-0.05, 0) is 41.8 Å². The number of nitrogens with two attached hydrogens (primary N) is 1. The highest BCUT2D eigenvalue weighted by atomic mass is 79.9. The summed E-state index contributed by atoms with van der Waals surface area (Å²) >= 11 is 4.43. The predicted octanol–water partition coefficient (Wildman–Crippen LogP) is 3.46. The SMILES string of the molecule is CNc1ccc(SN)c(OC)c1.O=Cc1ccc(Br)c(CO)c1. The lowest BCUT2D eigenvalue weighted by atomic mass is 10.1. The Labute approximate surface area is 148 Å². The summed E-state index contributed by atoms with van der Waals surface area (Å²) in [7, 11) is 3.50. The lowest BCUT2D eigenvalue weighted by molar-refractivity contribution is 0.112. The van der Waals surface area contributed by atoms with E-state index in [0.717, 1.165) is 32.7 Å². The molecule has 4 N–H and O–H groups in total. The van der Waals surface area contributed by atoms with Crippen molar-refractivity contribution in [3.8, 4) is 5.75 Å². The number of anilines is 1. The zero-order valence-electron chi connectivity index (χ0n) is 12.9. The van der Waals surface area contributed by atoms with Gasteiger partial charge in [-0.2, -0.15) is 0 Å². The molecule has 0 unspecified atom stereocenters. The van der Waals surface area contributed by atoms with Gasteiger partial charge in [0, 0.05) is 28.8 Å². The van der Waals surface area contributed by atoms with Gasteiger partial charge in [-0.1, -0.05) is 22.0 Å². The van der Waals surface area contributed by atoms with E-state index in [9.17, 15) is 4.79 Å². The summed E-state index contributed by atoms with van der Waals surface area (Å²) in [4.78, 5) is 11.2. The Morgan fingerprint density at radius 2 is 2.09 bits per heavy atom. The Hall–Kier alpha value is -1.54. The van der Waals surface area contributed by atoms with Gasteiger partial charge in [-0.25, -0.2) is 0 Å². The molecule has 124 valence electrons. The van der Waals surface area contributed by atoms with Crippen LogP contribution in [0.2, 0.25) is 0 Å². The van der Waals surface area contributed by atoms with E-state index in [1.165, 1.54) is 11.9 Å². The molecule has 0 aliphatic rings. The summed E-state index contributed by atoms with van der Waals surface area (Å²) in [5.41, 5.74) is 2.33. The molecular weight excluding hydrogens is 380 g/mol. The third kappa shape index (κ3) is 5.87. The zero-order valence-corrected chi connectivity index (χ0v) is 15.3. The number of aliphatic hydroxyl groups is 1. The normalized spacial score (nSPS) is 9.61. The number of methoxy groups -OCH3 is 1. The molecule has 0 saturated heterocycles. The number of halogens is 1. The highest BCUT2D eigenvalue weighted by Gasteiger charge is 2.01. The van der Waals surface area contributed by atoms with Gasteiger partial charge in [-0.3, -0.25) is 9.93 Å². The maximum Gasteiger partial charge on any atom is 0.150 e. The van der Waals surface area contributed by atoms with Crippen LogP contribution in [0, 0.1) is 0 Å². The summed E-state index contributed by atoms with van der Waals surface area (Å²) in [6, 6.07) is 10.9. The first kappa shape index (κ1) is 19.5. The fourth-order valence-corrected chi connectivity index (χ4v) is 2.49. The number of aliphatic hydroxyl groups excluding tert-OH is 1. The van der Waals surface area contributed by atoms with Crippen LogP contribution in [0.15, 0.2) is 45.8 Å². The summed E-state index contributed by atoms with van der Waals surface area (Å²) in [6.07, 6.45) is 0.756. The van der Waals surface area contributed by atoms with E-state index in [1.54, 1.807) is 25.3 Å². The molecule has 23 heavy (non-hydrogen) atoms. The molecule has 5 nitrogen and oxygen atoms in total. The maximum absolute atomic E-state index is 10.3. The first-order valence-electron chi connectivity index (χ1n) is 6.66. The van der Waals surface area contributed by atoms with E-state index in [0.29, 0.717) is 5.56 Å². The molecule has 0 saturated carbocycles. The van der Waals surface area contributed by atoms with E-state index >= 15 is 0 Å². The number of nitrogens with one attached hydrogen (secondary N) is 1. The monoisotopic (exact) mass is 398 g/mol. The van der Waals surface area contributed by atoms with Crippen LogP contribution in [0.3, 0.4) is 0 Å². The van der Waals surface area contributed by atoms with Crippen molar-refractivity contribution in [3.63, 3.8) is 0 Å². The van der Waals surface area contributed by atoms with Gasteiger partial charge in [0.25, 0.3) is 0 Å². The Balaban J connectivity index is 0.000000231. The summed E-state index contributed by atoms with van der Waals surface area (Å²) < 4.78 is 5.96. The molecule has 0 aliphatic carbocycles. The van der Waals surface area contributed by atoms with E-state index < -0.39 is 0 Å². The van der Waals surface area contributed by atoms with Crippen LogP contribution in [-0.2, 0) is 6.61 Å². The first-order valence-corrected chi connectivity index (χ1v) is 8.33. The maximum atomic E-state index is 10.3. The molecule has 0 aliphatic heterocycles. The van der Waals surface area contributed by atoms with Crippen molar-refractivity contribution in [2.45, 2.75) is 11.5 Å². The van der Waals surface area contributed by atoms with Crippen LogP contribution in [0.1, 0.15) is 15.9 Å². The van der Waals surface area contributed by atoms with Crippen LogP contribution < -0.4 is 15.2 Å². The average molecular weight is 399 g/mol. The number of hydrogen-bond donors (Lipinski definition) is 3. The van der Waals surface area contributed by atoms with Gasteiger partial charge in [0.15, 0.2) is 0 Å². The van der Waals surface area contributed by atoms with Crippen LogP contribution in [0.4, 0.5) is 5.69 Å². The molecule has 2 aromatic rings. The number of benzene rings is 2. The molecular formula is C16H19BrN2O3S. The number of ether oxygens (including phenoxy) is 1. The van der Waals surface area contributed by atoms with Gasteiger partial charge in [-0.15, -0.1) is 0 Å². The van der Waals surface area contributed by atoms with Gasteiger partial charge < -0.3 is 15.2 Å². The van der Waals surface area contributed by atoms with Crippen molar-refractivity contribution in [1.82, 2.24) is 0 Å². The molecule has 0 amide bonds. The Bertz CT molecular complexity index is 653. The Morgan fingerprint density at radius 1 is 1.35 bits per heavy atom. The van der Waals surface area contributed by atoms with Crippen molar-refractivity contribution in [2.75, 3.05) is 19.5 Å². The topological polar surface area (TPSA) is 84.6 Å². The fourth-order valence-electron chi connectivity index (χ4n) is 1.71. The van der Waals surface area contributed by atoms with Crippen molar-refractivity contribution in [2.24, 2.45) is 5.14 Å². The minimum Gasteiger partial charge on any atom is -0.495 e.